The summed E-state index contributed by atoms with van der Waals surface area (Å²) in [6, 6.07) is 28.8. The molecule has 4 aromatic rings. The average Bonchev–Trinajstić information content (AvgIpc) is 3.60. The van der Waals surface area contributed by atoms with Gasteiger partial charge < -0.3 is 10.2 Å². The molecule has 48 heavy (non-hydrogen) atoms. The second kappa shape index (κ2) is 16.0. The van der Waals surface area contributed by atoms with Crippen molar-refractivity contribution in [3.63, 3.8) is 0 Å². The van der Waals surface area contributed by atoms with Crippen molar-refractivity contribution in [2.75, 3.05) is 10.8 Å². The third-order valence-corrected chi connectivity index (χ3v) is 11.2. The molecule has 1 unspecified atom stereocenters. The van der Waals surface area contributed by atoms with E-state index in [1.165, 1.54) is 17.0 Å². The van der Waals surface area contributed by atoms with E-state index in [9.17, 15) is 18.0 Å². The number of halogens is 2. The van der Waals surface area contributed by atoms with Crippen LogP contribution in [0.15, 0.2) is 108 Å². The molecule has 0 spiro atoms. The minimum Gasteiger partial charge on any atom is -0.352 e. The first-order chi connectivity index (χ1) is 23.0. The lowest BCUT2D eigenvalue weighted by Gasteiger charge is -2.34. The summed E-state index contributed by atoms with van der Waals surface area (Å²) >= 11 is 12.8. The van der Waals surface area contributed by atoms with Crippen LogP contribution < -0.4 is 9.62 Å². The lowest BCUT2D eigenvalue weighted by Crippen LogP contribution is -2.54. The number of nitrogens with zero attached hydrogens (tertiary/aromatic N) is 2. The van der Waals surface area contributed by atoms with Crippen molar-refractivity contribution < 1.29 is 18.0 Å². The minimum atomic E-state index is -4.18. The highest BCUT2D eigenvalue weighted by Gasteiger charge is 2.36. The molecule has 0 aliphatic heterocycles. The Balaban J connectivity index is 1.58. The van der Waals surface area contributed by atoms with Gasteiger partial charge in [0.25, 0.3) is 10.0 Å². The fourth-order valence-electron chi connectivity index (χ4n) is 6.03. The second-order valence-electron chi connectivity index (χ2n) is 12.5. The molecule has 1 N–H and O–H groups in total. The molecule has 4 aromatic carbocycles. The van der Waals surface area contributed by atoms with Gasteiger partial charge in [0.15, 0.2) is 0 Å². The van der Waals surface area contributed by atoms with Crippen molar-refractivity contribution in [3.8, 4) is 0 Å². The lowest BCUT2D eigenvalue weighted by molar-refractivity contribution is -0.140. The molecule has 0 heterocycles. The van der Waals surface area contributed by atoms with Crippen LogP contribution in [0.5, 0.6) is 0 Å². The Hall–Kier alpha value is -3.85. The zero-order chi connectivity index (χ0) is 34.3. The van der Waals surface area contributed by atoms with Crippen molar-refractivity contribution >= 4 is 50.7 Å². The van der Waals surface area contributed by atoms with E-state index in [1.54, 1.807) is 48.5 Å². The standard InChI is InChI=1S/C38H41Cl2N3O4S/c1-27(2)29-18-21-33(22-19-29)43(48(46,47)34-15-7-4-8-16-34)26-37(44)42(25-30-17-20-31(39)24-35(30)40)36(23-28-11-5-3-6-12-28)38(45)41-32-13-9-10-14-32/h3-8,11-12,15-22,24,27,32,36H,9-10,13-14,23,25-26H2,1-2H3,(H,41,45). The number of amides is 2. The van der Waals surface area contributed by atoms with Gasteiger partial charge in [-0.1, -0.05) is 117 Å². The van der Waals surface area contributed by atoms with Crippen LogP contribution >= 0.6 is 23.2 Å². The summed E-state index contributed by atoms with van der Waals surface area (Å²) < 4.78 is 29.6. The van der Waals surface area contributed by atoms with E-state index in [0.29, 0.717) is 21.3 Å². The van der Waals surface area contributed by atoms with Crippen LogP contribution in [0.2, 0.25) is 10.0 Å². The largest absolute Gasteiger partial charge is 0.352 e. The molecule has 0 aromatic heterocycles. The number of carbonyl (C=O) groups is 2. The highest BCUT2D eigenvalue weighted by atomic mass is 35.5. The Morgan fingerprint density at radius 2 is 1.48 bits per heavy atom. The van der Waals surface area contributed by atoms with Gasteiger partial charge in [-0.2, -0.15) is 0 Å². The number of carbonyl (C=O) groups excluding carboxylic acids is 2. The van der Waals surface area contributed by atoms with Gasteiger partial charge in [0, 0.05) is 29.1 Å². The Morgan fingerprint density at radius 1 is 0.854 bits per heavy atom. The van der Waals surface area contributed by atoms with E-state index in [0.717, 1.165) is 41.1 Å². The molecule has 1 aliphatic rings. The van der Waals surface area contributed by atoms with Crippen LogP contribution in [0.1, 0.15) is 62.1 Å². The van der Waals surface area contributed by atoms with E-state index in [1.807, 2.05) is 42.5 Å². The number of anilines is 1. The molecule has 0 saturated heterocycles. The Morgan fingerprint density at radius 3 is 2.08 bits per heavy atom. The van der Waals surface area contributed by atoms with E-state index < -0.39 is 28.5 Å². The van der Waals surface area contributed by atoms with Crippen LogP contribution in [-0.2, 0) is 32.6 Å². The fourth-order valence-corrected chi connectivity index (χ4v) is 7.93. The van der Waals surface area contributed by atoms with Gasteiger partial charge >= 0.3 is 0 Å². The molecule has 0 radical (unpaired) electrons. The Kier molecular flexibility index (Phi) is 11.8. The van der Waals surface area contributed by atoms with Crippen LogP contribution in [0.3, 0.4) is 0 Å². The third-order valence-electron chi connectivity index (χ3n) is 8.79. The maximum absolute atomic E-state index is 14.7. The van der Waals surface area contributed by atoms with E-state index in [4.69, 9.17) is 23.2 Å². The number of sulfonamides is 1. The molecule has 1 atom stereocenters. The molecule has 5 rings (SSSR count). The molecule has 1 saturated carbocycles. The van der Waals surface area contributed by atoms with Crippen molar-refractivity contribution in [1.29, 1.82) is 0 Å². The summed E-state index contributed by atoms with van der Waals surface area (Å²) in [5, 5.41) is 3.96. The maximum atomic E-state index is 14.7. The van der Waals surface area contributed by atoms with Crippen LogP contribution in [0.4, 0.5) is 5.69 Å². The molecule has 252 valence electrons. The van der Waals surface area contributed by atoms with Gasteiger partial charge in [-0.15, -0.1) is 0 Å². The number of nitrogens with one attached hydrogen (secondary N) is 1. The Bertz CT molecular complexity index is 1800. The van der Waals surface area contributed by atoms with Crippen molar-refractivity contribution in [1.82, 2.24) is 10.2 Å². The van der Waals surface area contributed by atoms with Crippen molar-refractivity contribution in [2.24, 2.45) is 0 Å². The Labute approximate surface area is 293 Å². The van der Waals surface area contributed by atoms with Crippen LogP contribution in [0.25, 0.3) is 0 Å². The van der Waals surface area contributed by atoms with Gasteiger partial charge in [-0.05, 0) is 71.8 Å². The first-order valence-corrected chi connectivity index (χ1v) is 18.5. The molecular formula is C38H41Cl2N3O4S. The summed E-state index contributed by atoms with van der Waals surface area (Å²) in [6.07, 6.45) is 4.02. The maximum Gasteiger partial charge on any atom is 0.264 e. The highest BCUT2D eigenvalue weighted by Crippen LogP contribution is 2.29. The van der Waals surface area contributed by atoms with Crippen LogP contribution in [-0.4, -0.2) is 43.8 Å². The second-order valence-corrected chi connectivity index (χ2v) is 15.2. The third kappa shape index (κ3) is 8.78. The number of hydrogen-bond acceptors (Lipinski definition) is 4. The van der Waals surface area contributed by atoms with E-state index in [-0.39, 0.29) is 35.7 Å². The molecule has 2 amide bonds. The molecule has 10 heteroatoms. The lowest BCUT2D eigenvalue weighted by atomic mass is 10.0. The van der Waals surface area contributed by atoms with Gasteiger partial charge in [-0.3, -0.25) is 13.9 Å². The van der Waals surface area contributed by atoms with Crippen molar-refractivity contribution in [2.45, 2.75) is 75.4 Å². The molecule has 1 aliphatic carbocycles. The van der Waals surface area contributed by atoms with E-state index in [2.05, 4.69) is 19.2 Å². The first kappa shape index (κ1) is 35.5. The van der Waals surface area contributed by atoms with Gasteiger partial charge in [0.2, 0.25) is 11.8 Å². The average molecular weight is 707 g/mol. The monoisotopic (exact) mass is 705 g/mol. The summed E-state index contributed by atoms with van der Waals surface area (Å²) in [5.41, 5.74) is 2.82. The number of hydrogen-bond donors (Lipinski definition) is 1. The van der Waals surface area contributed by atoms with Crippen LogP contribution in [0, 0.1) is 0 Å². The molecule has 7 nitrogen and oxygen atoms in total. The van der Waals surface area contributed by atoms with E-state index >= 15 is 0 Å². The molecule has 0 bridgehead atoms. The minimum absolute atomic E-state index is 0.0151. The number of rotatable bonds is 13. The molecular weight excluding hydrogens is 665 g/mol. The zero-order valence-electron chi connectivity index (χ0n) is 27.2. The first-order valence-electron chi connectivity index (χ1n) is 16.3. The summed E-state index contributed by atoms with van der Waals surface area (Å²) in [7, 11) is -4.18. The summed E-state index contributed by atoms with van der Waals surface area (Å²) in [5.74, 6) is -0.601. The topological polar surface area (TPSA) is 86.8 Å². The number of benzene rings is 4. The van der Waals surface area contributed by atoms with Gasteiger partial charge in [-0.25, -0.2) is 8.42 Å². The zero-order valence-corrected chi connectivity index (χ0v) is 29.5. The van der Waals surface area contributed by atoms with Gasteiger partial charge in [0.1, 0.15) is 12.6 Å². The quantitative estimate of drug-likeness (QED) is 0.153. The molecule has 1 fully saturated rings. The normalized spacial score (nSPS) is 14.1. The fraction of sp³-hybridized carbons (Fsp3) is 0.316. The summed E-state index contributed by atoms with van der Waals surface area (Å²) in [6.45, 7) is 3.54. The van der Waals surface area contributed by atoms with Crippen molar-refractivity contribution in [3.05, 3.63) is 130 Å². The summed E-state index contributed by atoms with van der Waals surface area (Å²) in [4.78, 5) is 30.4. The van der Waals surface area contributed by atoms with Gasteiger partial charge in [0.05, 0.1) is 10.6 Å². The smallest absolute Gasteiger partial charge is 0.264 e. The predicted molar refractivity (Wildman–Crippen MR) is 193 cm³/mol. The predicted octanol–water partition coefficient (Wildman–Crippen LogP) is 8.01. The highest BCUT2D eigenvalue weighted by molar-refractivity contribution is 7.92. The SMILES string of the molecule is CC(C)c1ccc(N(CC(=O)N(Cc2ccc(Cl)cc2Cl)C(Cc2ccccc2)C(=O)NC2CCCC2)S(=O)(=O)c2ccccc2)cc1.